The molecular weight excluding hydrogens is 529 g/mol. The highest BCUT2D eigenvalue weighted by Crippen LogP contribution is 2.26. The summed E-state index contributed by atoms with van der Waals surface area (Å²) >= 11 is 5.96. The molecule has 10 heteroatoms. The van der Waals surface area contributed by atoms with Crippen LogP contribution in [0.4, 0.5) is 10.1 Å². The third-order valence-electron chi connectivity index (χ3n) is 5.87. The molecule has 1 atom stereocenters. The summed E-state index contributed by atoms with van der Waals surface area (Å²) in [5.74, 6) is -1.64. The minimum Gasteiger partial charge on any atom is -0.352 e. The van der Waals surface area contributed by atoms with Crippen molar-refractivity contribution in [3.05, 3.63) is 94.8 Å². The molecule has 202 valence electrons. The standard InChI is InChI=1S/C28H31ClFN3O4S/c1-19(2)31-28(35)21(4)32(17-22-9-5-6-11-26(22)30)27(34)18-33(24-10-7-8-20(3)16-24)38(36,37)25-14-12-23(29)13-15-25/h5-16,19,21H,17-18H2,1-4H3,(H,31,35). The highest BCUT2D eigenvalue weighted by atomic mass is 35.5. The number of amides is 2. The van der Waals surface area contributed by atoms with Crippen LogP contribution in [0.2, 0.25) is 5.02 Å². The topological polar surface area (TPSA) is 86.8 Å². The smallest absolute Gasteiger partial charge is 0.264 e. The van der Waals surface area contributed by atoms with E-state index in [2.05, 4.69) is 5.32 Å². The van der Waals surface area contributed by atoms with Crippen molar-refractivity contribution in [1.82, 2.24) is 10.2 Å². The molecule has 3 rings (SSSR count). The second-order valence-electron chi connectivity index (χ2n) is 9.26. The van der Waals surface area contributed by atoms with Crippen molar-refractivity contribution in [3.63, 3.8) is 0 Å². The first-order chi connectivity index (χ1) is 17.9. The first kappa shape index (κ1) is 29.1. The number of halogens is 2. The highest BCUT2D eigenvalue weighted by Gasteiger charge is 2.33. The molecular formula is C28H31ClFN3O4S. The molecule has 0 fully saturated rings. The minimum absolute atomic E-state index is 0.0533. The number of aryl methyl sites for hydroxylation is 1. The molecule has 0 radical (unpaired) electrons. The molecule has 0 aliphatic rings. The van der Waals surface area contributed by atoms with E-state index in [1.54, 1.807) is 51.1 Å². The first-order valence-corrected chi connectivity index (χ1v) is 13.9. The van der Waals surface area contributed by atoms with E-state index in [1.807, 2.05) is 0 Å². The zero-order valence-corrected chi connectivity index (χ0v) is 23.3. The summed E-state index contributed by atoms with van der Waals surface area (Å²) in [6, 6.07) is 17.1. The van der Waals surface area contributed by atoms with Crippen LogP contribution in [-0.2, 0) is 26.2 Å². The predicted molar refractivity (Wildman–Crippen MR) is 147 cm³/mol. The van der Waals surface area contributed by atoms with Gasteiger partial charge in [-0.15, -0.1) is 0 Å². The van der Waals surface area contributed by atoms with E-state index < -0.39 is 40.2 Å². The molecule has 1 N–H and O–H groups in total. The van der Waals surface area contributed by atoms with E-state index in [9.17, 15) is 22.4 Å². The Balaban J connectivity index is 2.04. The van der Waals surface area contributed by atoms with Gasteiger partial charge in [0, 0.05) is 23.2 Å². The van der Waals surface area contributed by atoms with Crippen LogP contribution >= 0.6 is 11.6 Å². The van der Waals surface area contributed by atoms with Gasteiger partial charge in [-0.05, 0) is 75.7 Å². The van der Waals surface area contributed by atoms with E-state index >= 15 is 0 Å². The van der Waals surface area contributed by atoms with E-state index in [0.29, 0.717) is 5.02 Å². The number of rotatable bonds is 10. The molecule has 38 heavy (non-hydrogen) atoms. The molecule has 3 aromatic carbocycles. The van der Waals surface area contributed by atoms with Crippen LogP contribution in [0.5, 0.6) is 0 Å². The Morgan fingerprint density at radius 1 is 0.974 bits per heavy atom. The van der Waals surface area contributed by atoms with Gasteiger partial charge in [0.25, 0.3) is 10.0 Å². The Morgan fingerprint density at radius 3 is 2.24 bits per heavy atom. The summed E-state index contributed by atoms with van der Waals surface area (Å²) in [5, 5.41) is 3.13. The van der Waals surface area contributed by atoms with Crippen molar-refractivity contribution >= 4 is 39.1 Å². The average Bonchev–Trinajstić information content (AvgIpc) is 2.86. The summed E-state index contributed by atoms with van der Waals surface area (Å²) in [6.07, 6.45) is 0. The number of sulfonamides is 1. The third-order valence-corrected chi connectivity index (χ3v) is 7.91. The number of carbonyl (C=O) groups excluding carboxylic acids is 2. The van der Waals surface area contributed by atoms with Gasteiger partial charge < -0.3 is 10.2 Å². The molecule has 1 unspecified atom stereocenters. The van der Waals surface area contributed by atoms with E-state index in [-0.39, 0.29) is 28.7 Å². The molecule has 0 aliphatic carbocycles. The van der Waals surface area contributed by atoms with Gasteiger partial charge in [0.05, 0.1) is 10.6 Å². The van der Waals surface area contributed by atoms with Gasteiger partial charge in [-0.1, -0.05) is 41.9 Å². The number of nitrogens with one attached hydrogen (secondary N) is 1. The Bertz CT molecular complexity index is 1400. The van der Waals surface area contributed by atoms with Gasteiger partial charge in [-0.3, -0.25) is 13.9 Å². The number of hydrogen-bond donors (Lipinski definition) is 1. The van der Waals surface area contributed by atoms with Gasteiger partial charge in [0.2, 0.25) is 11.8 Å². The third kappa shape index (κ3) is 7.11. The van der Waals surface area contributed by atoms with Gasteiger partial charge in [0.1, 0.15) is 18.4 Å². The molecule has 2 amide bonds. The molecule has 0 heterocycles. The fourth-order valence-electron chi connectivity index (χ4n) is 3.84. The molecule has 0 spiro atoms. The van der Waals surface area contributed by atoms with Crippen LogP contribution in [0.15, 0.2) is 77.7 Å². The summed E-state index contributed by atoms with van der Waals surface area (Å²) in [4.78, 5) is 27.8. The van der Waals surface area contributed by atoms with Crippen LogP contribution in [-0.4, -0.2) is 43.8 Å². The van der Waals surface area contributed by atoms with Gasteiger partial charge >= 0.3 is 0 Å². The minimum atomic E-state index is -4.21. The summed E-state index contributed by atoms with van der Waals surface area (Å²) in [7, 11) is -4.21. The molecule has 0 bridgehead atoms. The Kier molecular flexibility index (Phi) is 9.51. The Labute approximate surface area is 228 Å². The average molecular weight is 560 g/mol. The summed E-state index contributed by atoms with van der Waals surface area (Å²) < 4.78 is 43.0. The maximum atomic E-state index is 14.5. The van der Waals surface area contributed by atoms with Crippen LogP contribution in [0.1, 0.15) is 31.9 Å². The number of carbonyl (C=O) groups is 2. The molecule has 0 saturated carbocycles. The van der Waals surface area contributed by atoms with Crippen LogP contribution in [0, 0.1) is 12.7 Å². The molecule has 0 saturated heterocycles. The fourth-order valence-corrected chi connectivity index (χ4v) is 5.38. The van der Waals surface area contributed by atoms with Crippen molar-refractivity contribution in [1.29, 1.82) is 0 Å². The van der Waals surface area contributed by atoms with Crippen molar-refractivity contribution in [2.24, 2.45) is 0 Å². The number of hydrogen-bond acceptors (Lipinski definition) is 4. The van der Waals surface area contributed by atoms with Crippen molar-refractivity contribution in [3.8, 4) is 0 Å². The zero-order valence-electron chi connectivity index (χ0n) is 21.7. The van der Waals surface area contributed by atoms with Gasteiger partial charge in [0.15, 0.2) is 0 Å². The highest BCUT2D eigenvalue weighted by molar-refractivity contribution is 7.92. The SMILES string of the molecule is Cc1cccc(N(CC(=O)N(Cc2ccccc2F)C(C)C(=O)NC(C)C)S(=O)(=O)c2ccc(Cl)cc2)c1. The second kappa shape index (κ2) is 12.4. The van der Waals surface area contributed by atoms with Crippen LogP contribution in [0.25, 0.3) is 0 Å². The lowest BCUT2D eigenvalue weighted by atomic mass is 10.1. The summed E-state index contributed by atoms with van der Waals surface area (Å²) in [6.45, 7) is 6.07. The van der Waals surface area contributed by atoms with E-state index in [4.69, 9.17) is 11.6 Å². The number of benzene rings is 3. The largest absolute Gasteiger partial charge is 0.352 e. The summed E-state index contributed by atoms with van der Waals surface area (Å²) in [5.41, 5.74) is 1.27. The zero-order chi connectivity index (χ0) is 28.0. The van der Waals surface area contributed by atoms with E-state index in [0.717, 1.165) is 9.87 Å². The van der Waals surface area contributed by atoms with Crippen LogP contribution < -0.4 is 9.62 Å². The van der Waals surface area contributed by atoms with Crippen molar-refractivity contribution < 1.29 is 22.4 Å². The number of nitrogens with zero attached hydrogens (tertiary/aromatic N) is 2. The fraction of sp³-hybridized carbons (Fsp3) is 0.286. The Morgan fingerprint density at radius 2 is 1.63 bits per heavy atom. The van der Waals surface area contributed by atoms with Crippen molar-refractivity contribution in [2.75, 3.05) is 10.8 Å². The second-order valence-corrected chi connectivity index (χ2v) is 11.6. The quantitative estimate of drug-likeness (QED) is 0.382. The van der Waals surface area contributed by atoms with Gasteiger partial charge in [-0.2, -0.15) is 0 Å². The van der Waals surface area contributed by atoms with Crippen molar-refractivity contribution in [2.45, 2.75) is 51.2 Å². The molecule has 7 nitrogen and oxygen atoms in total. The van der Waals surface area contributed by atoms with Crippen LogP contribution in [0.3, 0.4) is 0 Å². The maximum absolute atomic E-state index is 14.5. The van der Waals surface area contributed by atoms with Gasteiger partial charge in [-0.25, -0.2) is 12.8 Å². The Hall–Kier alpha value is -3.43. The monoisotopic (exact) mass is 559 g/mol. The lowest BCUT2D eigenvalue weighted by Crippen LogP contribution is -2.52. The maximum Gasteiger partial charge on any atom is 0.264 e. The molecule has 0 aromatic heterocycles. The lowest BCUT2D eigenvalue weighted by Gasteiger charge is -2.32. The molecule has 3 aromatic rings. The lowest BCUT2D eigenvalue weighted by molar-refractivity contribution is -0.139. The first-order valence-electron chi connectivity index (χ1n) is 12.1. The van der Waals surface area contributed by atoms with E-state index in [1.165, 1.54) is 54.3 Å². The molecule has 0 aliphatic heterocycles. The predicted octanol–water partition coefficient (Wildman–Crippen LogP) is 4.92. The normalized spacial score (nSPS) is 12.2. The number of anilines is 1.